The highest BCUT2D eigenvalue weighted by Gasteiger charge is 2.15. The first kappa shape index (κ1) is 14.2. The fourth-order valence-electron chi connectivity index (χ4n) is 2.46. The van der Waals surface area contributed by atoms with E-state index in [1.54, 1.807) is 15.9 Å². The van der Waals surface area contributed by atoms with Gasteiger partial charge in [-0.15, -0.1) is 11.3 Å². The van der Waals surface area contributed by atoms with Crippen LogP contribution in [-0.2, 0) is 0 Å². The lowest BCUT2D eigenvalue weighted by Crippen LogP contribution is -2.21. The standard InChI is InChI=1S/C15H15N3OS2/c1-7-5-6-11(9(3)16-7)18-14(19)12-8(2)10(4)21-13(12)17-15(18)20/h5-6H,1-4H3,(H,17,20). The molecule has 3 heterocycles. The molecule has 0 saturated heterocycles. The number of nitrogens with one attached hydrogen (secondary N) is 1. The van der Waals surface area contributed by atoms with E-state index in [0.29, 0.717) is 10.2 Å². The number of aromatic nitrogens is 3. The summed E-state index contributed by atoms with van der Waals surface area (Å²) in [5.41, 5.74) is 3.38. The smallest absolute Gasteiger partial charge is 0.267 e. The van der Waals surface area contributed by atoms with Crippen molar-refractivity contribution >= 4 is 33.8 Å². The third kappa shape index (κ3) is 2.15. The van der Waals surface area contributed by atoms with Crippen LogP contribution in [-0.4, -0.2) is 14.5 Å². The van der Waals surface area contributed by atoms with Crippen LogP contribution >= 0.6 is 23.6 Å². The summed E-state index contributed by atoms with van der Waals surface area (Å²) < 4.78 is 1.95. The number of aromatic amines is 1. The van der Waals surface area contributed by atoms with Crippen LogP contribution in [0, 0.1) is 32.5 Å². The van der Waals surface area contributed by atoms with Gasteiger partial charge in [0.25, 0.3) is 5.56 Å². The summed E-state index contributed by atoms with van der Waals surface area (Å²) in [5, 5.41) is 0.714. The van der Waals surface area contributed by atoms with Crippen LogP contribution in [0.5, 0.6) is 0 Å². The van der Waals surface area contributed by atoms with Gasteiger partial charge in [0.1, 0.15) is 4.83 Å². The molecule has 0 amide bonds. The highest BCUT2D eigenvalue weighted by Crippen LogP contribution is 2.26. The Bertz CT molecular complexity index is 979. The summed E-state index contributed by atoms with van der Waals surface area (Å²) >= 11 is 6.95. The lowest BCUT2D eigenvalue weighted by molar-refractivity contribution is 0.911. The normalized spacial score (nSPS) is 11.2. The lowest BCUT2D eigenvalue weighted by atomic mass is 10.2. The lowest BCUT2D eigenvalue weighted by Gasteiger charge is -2.09. The molecule has 0 bridgehead atoms. The Hall–Kier alpha value is -1.79. The molecule has 0 aliphatic carbocycles. The molecule has 3 aromatic heterocycles. The first-order valence-corrected chi connectivity index (χ1v) is 7.82. The molecule has 0 spiro atoms. The molecule has 3 aromatic rings. The van der Waals surface area contributed by atoms with Crippen molar-refractivity contribution in [3.8, 4) is 5.69 Å². The van der Waals surface area contributed by atoms with E-state index in [2.05, 4.69) is 9.97 Å². The molecular weight excluding hydrogens is 302 g/mol. The maximum Gasteiger partial charge on any atom is 0.267 e. The van der Waals surface area contributed by atoms with E-state index in [1.807, 2.05) is 39.8 Å². The second kappa shape index (κ2) is 4.89. The van der Waals surface area contributed by atoms with Crippen LogP contribution in [0.2, 0.25) is 0 Å². The average Bonchev–Trinajstić information content (AvgIpc) is 2.67. The van der Waals surface area contributed by atoms with Crippen molar-refractivity contribution in [2.45, 2.75) is 27.7 Å². The van der Waals surface area contributed by atoms with Crippen LogP contribution in [0.15, 0.2) is 16.9 Å². The topological polar surface area (TPSA) is 50.7 Å². The maximum absolute atomic E-state index is 12.9. The minimum atomic E-state index is -0.0793. The van der Waals surface area contributed by atoms with Gasteiger partial charge in [-0.3, -0.25) is 14.3 Å². The summed E-state index contributed by atoms with van der Waals surface area (Å²) in [4.78, 5) is 22.4. The van der Waals surface area contributed by atoms with E-state index >= 15 is 0 Å². The molecule has 6 heteroatoms. The van der Waals surface area contributed by atoms with E-state index < -0.39 is 0 Å². The van der Waals surface area contributed by atoms with Crippen molar-refractivity contribution < 1.29 is 0 Å². The predicted octanol–water partition coefficient (Wildman–Crippen LogP) is 3.74. The van der Waals surface area contributed by atoms with E-state index in [4.69, 9.17) is 12.2 Å². The van der Waals surface area contributed by atoms with Crippen molar-refractivity contribution in [3.05, 3.63) is 49.1 Å². The van der Waals surface area contributed by atoms with E-state index in [0.717, 1.165) is 32.3 Å². The molecule has 0 saturated carbocycles. The second-order valence-corrected chi connectivity index (χ2v) is 6.73. The minimum Gasteiger partial charge on any atom is -0.323 e. The molecular formula is C15H15N3OS2. The first-order chi connectivity index (χ1) is 9.90. The van der Waals surface area contributed by atoms with Crippen molar-refractivity contribution in [2.75, 3.05) is 0 Å². The monoisotopic (exact) mass is 317 g/mol. The summed E-state index contributed by atoms with van der Waals surface area (Å²) in [6, 6.07) is 3.78. The van der Waals surface area contributed by atoms with E-state index in [9.17, 15) is 4.79 Å². The third-order valence-corrected chi connectivity index (χ3v) is 5.07. The van der Waals surface area contributed by atoms with Crippen molar-refractivity contribution in [1.29, 1.82) is 0 Å². The highest BCUT2D eigenvalue weighted by atomic mass is 32.1. The zero-order valence-corrected chi connectivity index (χ0v) is 13.9. The van der Waals surface area contributed by atoms with Gasteiger partial charge < -0.3 is 4.98 Å². The van der Waals surface area contributed by atoms with Gasteiger partial charge >= 0.3 is 0 Å². The Labute approximate surface area is 131 Å². The SMILES string of the molecule is Cc1ccc(-n2c(=S)[nH]c3sc(C)c(C)c3c2=O)c(C)n1. The fourth-order valence-corrected chi connectivity index (χ4v) is 3.86. The molecule has 0 aliphatic heterocycles. The molecule has 4 nitrogen and oxygen atoms in total. The number of pyridine rings is 1. The van der Waals surface area contributed by atoms with E-state index in [1.165, 1.54) is 0 Å². The van der Waals surface area contributed by atoms with E-state index in [-0.39, 0.29) is 5.56 Å². The number of rotatable bonds is 1. The van der Waals surface area contributed by atoms with Crippen LogP contribution in [0.25, 0.3) is 15.9 Å². The van der Waals surface area contributed by atoms with Gasteiger partial charge in [0.2, 0.25) is 0 Å². The largest absolute Gasteiger partial charge is 0.323 e. The zero-order chi connectivity index (χ0) is 15.3. The number of thiophene rings is 1. The summed E-state index contributed by atoms with van der Waals surface area (Å²) in [6.45, 7) is 7.80. The quantitative estimate of drug-likeness (QED) is 0.696. The average molecular weight is 317 g/mol. The van der Waals surface area contributed by atoms with Crippen LogP contribution in [0.4, 0.5) is 0 Å². The van der Waals surface area contributed by atoms with Crippen LogP contribution in [0.1, 0.15) is 21.8 Å². The van der Waals surface area contributed by atoms with Gasteiger partial charge in [-0.2, -0.15) is 0 Å². The predicted molar refractivity (Wildman–Crippen MR) is 89.3 cm³/mol. The second-order valence-electron chi connectivity index (χ2n) is 5.12. The highest BCUT2D eigenvalue weighted by molar-refractivity contribution is 7.71. The van der Waals surface area contributed by atoms with Crippen molar-refractivity contribution in [2.24, 2.45) is 0 Å². The number of hydrogen-bond donors (Lipinski definition) is 1. The number of H-pyrrole nitrogens is 1. The van der Waals surface area contributed by atoms with Gasteiger partial charge in [-0.05, 0) is 57.6 Å². The molecule has 21 heavy (non-hydrogen) atoms. The van der Waals surface area contributed by atoms with Crippen LogP contribution < -0.4 is 5.56 Å². The third-order valence-electron chi connectivity index (χ3n) is 3.66. The number of aryl methyl sites for hydroxylation is 4. The first-order valence-electron chi connectivity index (χ1n) is 6.60. The molecule has 0 aromatic carbocycles. The van der Waals surface area contributed by atoms with Gasteiger partial charge in [-0.25, -0.2) is 0 Å². The Morgan fingerprint density at radius 1 is 1.24 bits per heavy atom. The summed E-state index contributed by atoms with van der Waals surface area (Å²) in [7, 11) is 0. The van der Waals surface area contributed by atoms with Gasteiger partial charge in [0.15, 0.2) is 4.77 Å². The fraction of sp³-hybridized carbons (Fsp3) is 0.267. The number of hydrogen-bond acceptors (Lipinski definition) is 4. The van der Waals surface area contributed by atoms with Gasteiger partial charge in [-0.1, -0.05) is 0 Å². The number of fused-ring (bicyclic) bond motifs is 1. The molecule has 1 N–H and O–H groups in total. The zero-order valence-electron chi connectivity index (χ0n) is 12.3. The number of nitrogens with zero attached hydrogens (tertiary/aromatic N) is 2. The maximum atomic E-state index is 12.9. The van der Waals surface area contributed by atoms with Gasteiger partial charge in [0, 0.05) is 10.6 Å². The van der Waals surface area contributed by atoms with Crippen LogP contribution in [0.3, 0.4) is 0 Å². The molecule has 0 aliphatic rings. The summed E-state index contributed by atoms with van der Waals surface area (Å²) in [6.07, 6.45) is 0. The Balaban J connectivity index is 2.46. The molecule has 0 radical (unpaired) electrons. The molecule has 0 atom stereocenters. The summed E-state index contributed by atoms with van der Waals surface area (Å²) in [5.74, 6) is 0. The Morgan fingerprint density at radius 2 is 1.95 bits per heavy atom. The molecule has 0 fully saturated rings. The minimum absolute atomic E-state index is 0.0793. The molecule has 3 rings (SSSR count). The van der Waals surface area contributed by atoms with Crippen molar-refractivity contribution in [1.82, 2.24) is 14.5 Å². The molecule has 0 unspecified atom stereocenters. The van der Waals surface area contributed by atoms with Gasteiger partial charge in [0.05, 0.1) is 16.8 Å². The van der Waals surface area contributed by atoms with Crippen molar-refractivity contribution in [3.63, 3.8) is 0 Å². The Morgan fingerprint density at radius 3 is 2.62 bits per heavy atom. The Kier molecular flexibility index (Phi) is 3.30. The molecule has 108 valence electrons.